The van der Waals surface area contributed by atoms with E-state index in [9.17, 15) is 0 Å². The van der Waals surface area contributed by atoms with E-state index in [1.165, 1.54) is 14.2 Å². The third-order valence-corrected chi connectivity index (χ3v) is 5.25. The first-order valence-electron chi connectivity index (χ1n) is 5.00. The van der Waals surface area contributed by atoms with Crippen LogP contribution in [0.1, 0.15) is 21.7 Å². The van der Waals surface area contributed by atoms with Crippen molar-refractivity contribution < 1.29 is 0 Å². The summed E-state index contributed by atoms with van der Waals surface area (Å²) in [6.45, 7) is 5.01. The van der Waals surface area contributed by atoms with Crippen LogP contribution in [0.25, 0.3) is 0 Å². The van der Waals surface area contributed by atoms with Gasteiger partial charge in [-0.2, -0.15) is 0 Å². The Kier molecular flexibility index (Phi) is 3.94. The Labute approximate surface area is 111 Å². The maximum Gasteiger partial charge on any atom is 0.205 e. The predicted octanol–water partition coefficient (Wildman–Crippen LogP) is 3.85. The zero-order valence-electron chi connectivity index (χ0n) is 9.08. The molecule has 0 bridgehead atoms. The summed E-state index contributed by atoms with van der Waals surface area (Å²) in [4.78, 5) is 2.61. The molecule has 2 aromatic rings. The Balaban J connectivity index is 1.96. The maximum absolute atomic E-state index is 4.08. The van der Waals surface area contributed by atoms with Crippen LogP contribution in [0.4, 0.5) is 5.13 Å². The maximum atomic E-state index is 4.08. The molecule has 0 fully saturated rings. The number of aryl methyl sites for hydroxylation is 2. The first-order valence-corrected chi connectivity index (χ1v) is 7.42. The fourth-order valence-electron chi connectivity index (χ4n) is 1.24. The van der Waals surface area contributed by atoms with Gasteiger partial charge in [-0.15, -0.1) is 21.5 Å². The molecule has 0 radical (unpaired) electrons. The van der Waals surface area contributed by atoms with Crippen LogP contribution in [0.5, 0.6) is 0 Å². The smallest absolute Gasteiger partial charge is 0.205 e. The lowest BCUT2D eigenvalue weighted by molar-refractivity contribution is 0.977. The molecule has 0 aliphatic rings. The molecule has 0 saturated carbocycles. The van der Waals surface area contributed by atoms with E-state index in [1.54, 1.807) is 22.7 Å². The molecule has 16 heavy (non-hydrogen) atoms. The molecule has 2 aromatic heterocycles. The largest absolute Gasteiger partial charge is 0.355 e. The minimum atomic E-state index is 0.815. The van der Waals surface area contributed by atoms with Gasteiger partial charge in [-0.25, -0.2) is 0 Å². The summed E-state index contributed by atoms with van der Waals surface area (Å²) in [5.41, 5.74) is 0. The highest BCUT2D eigenvalue weighted by molar-refractivity contribution is 9.10. The first kappa shape index (κ1) is 12.0. The molecule has 2 rings (SSSR count). The molecule has 6 heteroatoms. The molecule has 0 unspecified atom stereocenters. The number of hydrogen-bond donors (Lipinski definition) is 1. The summed E-state index contributed by atoms with van der Waals surface area (Å²) in [6.07, 6.45) is 0.947. The number of halogens is 1. The number of nitrogens with zero attached hydrogens (tertiary/aromatic N) is 2. The monoisotopic (exact) mass is 317 g/mol. The molecule has 0 saturated heterocycles. The van der Waals surface area contributed by atoms with Gasteiger partial charge in [-0.1, -0.05) is 18.3 Å². The Morgan fingerprint density at radius 1 is 1.38 bits per heavy atom. The van der Waals surface area contributed by atoms with Gasteiger partial charge in [0.05, 0.1) is 6.54 Å². The minimum absolute atomic E-state index is 0.815. The predicted molar refractivity (Wildman–Crippen MR) is 73.4 cm³/mol. The van der Waals surface area contributed by atoms with Crippen molar-refractivity contribution in [3.63, 3.8) is 0 Å². The molecule has 0 atom stereocenters. The van der Waals surface area contributed by atoms with Crippen molar-refractivity contribution in [1.29, 1.82) is 0 Å². The second-order valence-electron chi connectivity index (χ2n) is 3.32. The topological polar surface area (TPSA) is 37.8 Å². The van der Waals surface area contributed by atoms with Crippen LogP contribution in [-0.2, 0) is 13.0 Å². The lowest BCUT2D eigenvalue weighted by Gasteiger charge is -1.97. The van der Waals surface area contributed by atoms with Crippen molar-refractivity contribution in [3.05, 3.63) is 25.3 Å². The summed E-state index contributed by atoms with van der Waals surface area (Å²) in [5, 5.41) is 13.4. The summed E-state index contributed by atoms with van der Waals surface area (Å²) < 4.78 is 1.18. The SMILES string of the molecule is CCc1nnc(NCc2cc(Br)c(C)s2)s1. The van der Waals surface area contributed by atoms with Gasteiger partial charge in [0.25, 0.3) is 0 Å². The Hall–Kier alpha value is -0.460. The Bertz CT molecular complexity index is 459. The fourth-order valence-corrected chi connectivity index (χ4v) is 3.45. The van der Waals surface area contributed by atoms with Crippen molar-refractivity contribution in [2.75, 3.05) is 5.32 Å². The molecule has 0 amide bonds. The quantitative estimate of drug-likeness (QED) is 0.930. The van der Waals surface area contributed by atoms with Crippen molar-refractivity contribution in [2.24, 2.45) is 0 Å². The zero-order valence-corrected chi connectivity index (χ0v) is 12.3. The van der Waals surface area contributed by atoms with Gasteiger partial charge in [-0.3, -0.25) is 0 Å². The first-order chi connectivity index (χ1) is 7.69. The summed E-state index contributed by atoms with van der Waals surface area (Å²) in [6, 6.07) is 2.15. The molecule has 0 aliphatic carbocycles. The highest BCUT2D eigenvalue weighted by atomic mass is 79.9. The molecule has 3 nitrogen and oxygen atoms in total. The third-order valence-electron chi connectivity index (χ3n) is 2.09. The third kappa shape index (κ3) is 2.81. The molecule has 0 spiro atoms. The summed E-state index contributed by atoms with van der Waals surface area (Å²) in [7, 11) is 0. The van der Waals surface area contributed by atoms with E-state index in [-0.39, 0.29) is 0 Å². The fraction of sp³-hybridized carbons (Fsp3) is 0.400. The van der Waals surface area contributed by atoms with Gasteiger partial charge in [0.15, 0.2) is 0 Å². The van der Waals surface area contributed by atoms with Crippen molar-refractivity contribution in [2.45, 2.75) is 26.8 Å². The standard InChI is InChI=1S/C10H12BrN3S2/c1-3-9-13-14-10(16-9)12-5-7-4-8(11)6(2)15-7/h4H,3,5H2,1-2H3,(H,12,14). The van der Waals surface area contributed by atoms with Crippen LogP contribution in [0.3, 0.4) is 0 Å². The van der Waals surface area contributed by atoms with Gasteiger partial charge in [0, 0.05) is 14.2 Å². The van der Waals surface area contributed by atoms with E-state index >= 15 is 0 Å². The second-order valence-corrected chi connectivity index (χ2v) is 6.58. The number of anilines is 1. The van der Waals surface area contributed by atoms with Crippen LogP contribution < -0.4 is 5.32 Å². The normalized spacial score (nSPS) is 10.7. The van der Waals surface area contributed by atoms with Crippen molar-refractivity contribution in [1.82, 2.24) is 10.2 Å². The van der Waals surface area contributed by atoms with Crippen LogP contribution in [0.15, 0.2) is 10.5 Å². The van der Waals surface area contributed by atoms with Crippen LogP contribution >= 0.6 is 38.6 Å². The average molecular weight is 318 g/mol. The number of thiophene rings is 1. The molecule has 1 N–H and O–H groups in total. The number of hydrogen-bond acceptors (Lipinski definition) is 5. The highest BCUT2D eigenvalue weighted by Gasteiger charge is 2.05. The van der Waals surface area contributed by atoms with Crippen LogP contribution in [0.2, 0.25) is 0 Å². The Morgan fingerprint density at radius 3 is 2.75 bits per heavy atom. The van der Waals surface area contributed by atoms with E-state index in [2.05, 4.69) is 51.4 Å². The highest BCUT2D eigenvalue weighted by Crippen LogP contribution is 2.27. The zero-order chi connectivity index (χ0) is 11.5. The lowest BCUT2D eigenvalue weighted by Crippen LogP contribution is -1.96. The molecule has 2 heterocycles. The van der Waals surface area contributed by atoms with Crippen molar-refractivity contribution in [3.8, 4) is 0 Å². The second kappa shape index (κ2) is 5.25. The Morgan fingerprint density at radius 2 is 2.19 bits per heavy atom. The van der Waals surface area contributed by atoms with Crippen LogP contribution in [-0.4, -0.2) is 10.2 Å². The van der Waals surface area contributed by atoms with E-state index < -0.39 is 0 Å². The van der Waals surface area contributed by atoms with E-state index in [4.69, 9.17) is 0 Å². The number of rotatable bonds is 4. The molecule has 0 aliphatic heterocycles. The van der Waals surface area contributed by atoms with E-state index in [0.717, 1.165) is 23.1 Å². The molecular formula is C10H12BrN3S2. The van der Waals surface area contributed by atoms with Crippen LogP contribution in [0, 0.1) is 6.92 Å². The van der Waals surface area contributed by atoms with Gasteiger partial charge in [0.1, 0.15) is 5.01 Å². The summed E-state index contributed by atoms with van der Waals surface area (Å²) >= 11 is 6.93. The molecule has 86 valence electrons. The number of aromatic nitrogens is 2. The summed E-state index contributed by atoms with van der Waals surface area (Å²) in [5.74, 6) is 0. The lowest BCUT2D eigenvalue weighted by atomic mass is 10.4. The van der Waals surface area contributed by atoms with Gasteiger partial charge >= 0.3 is 0 Å². The molecule has 0 aromatic carbocycles. The van der Waals surface area contributed by atoms with Gasteiger partial charge in [0.2, 0.25) is 5.13 Å². The minimum Gasteiger partial charge on any atom is -0.355 e. The van der Waals surface area contributed by atoms with Gasteiger partial charge < -0.3 is 5.32 Å². The average Bonchev–Trinajstić information content (AvgIpc) is 2.84. The number of nitrogens with one attached hydrogen (secondary N) is 1. The van der Waals surface area contributed by atoms with E-state index in [0.29, 0.717) is 0 Å². The molecular weight excluding hydrogens is 306 g/mol. The van der Waals surface area contributed by atoms with Gasteiger partial charge in [-0.05, 0) is 35.3 Å². The van der Waals surface area contributed by atoms with Crippen molar-refractivity contribution >= 4 is 43.7 Å². The van der Waals surface area contributed by atoms with E-state index in [1.807, 2.05) is 0 Å².